The zero-order chi connectivity index (χ0) is 12.9. The molecule has 2 aromatic heterocycles. The van der Waals surface area contributed by atoms with E-state index in [-0.39, 0.29) is 0 Å². The van der Waals surface area contributed by atoms with E-state index in [0.717, 1.165) is 31.3 Å². The van der Waals surface area contributed by atoms with Crippen molar-refractivity contribution in [3.63, 3.8) is 0 Å². The molecule has 2 aromatic rings. The number of rotatable bonds is 4. The van der Waals surface area contributed by atoms with Crippen molar-refractivity contribution in [3.8, 4) is 0 Å². The van der Waals surface area contributed by atoms with Gasteiger partial charge in [-0.05, 0) is 25.5 Å². The number of imidazole rings is 1. The highest BCUT2D eigenvalue weighted by atomic mass is 15.2. The lowest BCUT2D eigenvalue weighted by molar-refractivity contribution is 0.204. The molecule has 3 rings (SSSR count). The summed E-state index contributed by atoms with van der Waals surface area (Å²) in [4.78, 5) is 18.0. The Labute approximate surface area is 112 Å². The topological polar surface area (TPSA) is 69.7 Å². The average Bonchev–Trinajstić information content (AvgIpc) is 2.93. The van der Waals surface area contributed by atoms with Crippen molar-refractivity contribution in [2.45, 2.75) is 25.4 Å². The molecule has 100 valence electrons. The van der Waals surface area contributed by atoms with Crippen LogP contribution in [0.3, 0.4) is 0 Å². The van der Waals surface area contributed by atoms with Crippen molar-refractivity contribution in [3.05, 3.63) is 36.8 Å². The Morgan fingerprint density at radius 3 is 3.16 bits per heavy atom. The summed E-state index contributed by atoms with van der Waals surface area (Å²) in [5.74, 6) is 1.93. The van der Waals surface area contributed by atoms with Crippen LogP contribution in [0.1, 0.15) is 18.7 Å². The molecule has 0 saturated carbocycles. The van der Waals surface area contributed by atoms with Crippen LogP contribution in [0.15, 0.2) is 31.0 Å². The minimum Gasteiger partial charge on any atom is -0.366 e. The van der Waals surface area contributed by atoms with Gasteiger partial charge in [0.25, 0.3) is 0 Å². The first kappa shape index (κ1) is 12.1. The van der Waals surface area contributed by atoms with Gasteiger partial charge in [-0.2, -0.15) is 0 Å². The Morgan fingerprint density at radius 2 is 2.37 bits per heavy atom. The predicted octanol–water partition coefficient (Wildman–Crippen LogP) is 1.28. The first-order valence-electron chi connectivity index (χ1n) is 6.63. The second kappa shape index (κ2) is 5.79. The maximum absolute atomic E-state index is 4.28. The van der Waals surface area contributed by atoms with Crippen LogP contribution < -0.4 is 5.32 Å². The smallest absolute Gasteiger partial charge is 0.129 e. The number of aromatic nitrogens is 4. The van der Waals surface area contributed by atoms with Crippen molar-refractivity contribution in [1.29, 1.82) is 0 Å². The molecule has 19 heavy (non-hydrogen) atoms. The number of piperidine rings is 1. The third-order valence-corrected chi connectivity index (χ3v) is 3.37. The third kappa shape index (κ3) is 3.29. The number of hydrogen-bond acceptors (Lipinski definition) is 5. The van der Waals surface area contributed by atoms with Crippen molar-refractivity contribution in [1.82, 2.24) is 24.8 Å². The molecule has 0 aliphatic carbocycles. The summed E-state index contributed by atoms with van der Waals surface area (Å²) in [6, 6.07) is 2.35. The Bertz CT molecular complexity index is 483. The van der Waals surface area contributed by atoms with Gasteiger partial charge < -0.3 is 10.3 Å². The molecule has 1 fully saturated rings. The first-order chi connectivity index (χ1) is 9.40. The van der Waals surface area contributed by atoms with Crippen molar-refractivity contribution in [2.24, 2.45) is 0 Å². The van der Waals surface area contributed by atoms with Crippen molar-refractivity contribution in [2.75, 3.05) is 18.4 Å². The molecule has 0 radical (unpaired) electrons. The Morgan fingerprint density at radius 1 is 1.37 bits per heavy atom. The first-order valence-corrected chi connectivity index (χ1v) is 6.63. The summed E-state index contributed by atoms with van der Waals surface area (Å²) in [5, 5.41) is 3.47. The molecule has 0 amide bonds. The summed E-state index contributed by atoms with van der Waals surface area (Å²) >= 11 is 0. The maximum atomic E-state index is 4.28. The van der Waals surface area contributed by atoms with E-state index in [9.17, 15) is 0 Å². The quantitative estimate of drug-likeness (QED) is 0.864. The summed E-state index contributed by atoms with van der Waals surface area (Å²) < 4.78 is 0. The van der Waals surface area contributed by atoms with Crippen LogP contribution in [0.2, 0.25) is 0 Å². The van der Waals surface area contributed by atoms with Gasteiger partial charge in [-0.25, -0.2) is 15.0 Å². The molecule has 1 aliphatic heterocycles. The van der Waals surface area contributed by atoms with Crippen LogP contribution in [0.4, 0.5) is 5.82 Å². The lowest BCUT2D eigenvalue weighted by Gasteiger charge is -2.32. The molecule has 0 aromatic carbocycles. The maximum Gasteiger partial charge on any atom is 0.129 e. The van der Waals surface area contributed by atoms with Crippen molar-refractivity contribution < 1.29 is 0 Å². The SMILES string of the molecule is c1cc(N[C@H]2CCCN(Cc3ncc[nH]3)C2)ncn1. The molecule has 6 nitrogen and oxygen atoms in total. The van der Waals surface area contributed by atoms with Crippen LogP contribution in [-0.4, -0.2) is 44.0 Å². The summed E-state index contributed by atoms with van der Waals surface area (Å²) in [6.45, 7) is 3.03. The van der Waals surface area contributed by atoms with E-state index < -0.39 is 0 Å². The Balaban J connectivity index is 1.56. The second-order valence-corrected chi connectivity index (χ2v) is 4.85. The van der Waals surface area contributed by atoms with Crippen molar-refractivity contribution >= 4 is 5.82 Å². The summed E-state index contributed by atoms with van der Waals surface area (Å²) in [6.07, 6.45) is 9.39. The van der Waals surface area contributed by atoms with Gasteiger partial charge in [-0.3, -0.25) is 4.90 Å². The number of likely N-dealkylation sites (tertiary alicyclic amines) is 1. The highest BCUT2D eigenvalue weighted by Crippen LogP contribution is 2.15. The van der Waals surface area contributed by atoms with Gasteiger partial charge in [0.05, 0.1) is 6.54 Å². The lowest BCUT2D eigenvalue weighted by atomic mass is 10.1. The Hall–Kier alpha value is -1.95. The van der Waals surface area contributed by atoms with Gasteiger partial charge in [0.2, 0.25) is 0 Å². The molecule has 0 spiro atoms. The predicted molar refractivity (Wildman–Crippen MR) is 72.5 cm³/mol. The standard InChI is InChI=1S/C13H18N6/c1-2-11(18-12-3-4-14-10-17-12)8-19(7-1)9-13-15-5-6-16-13/h3-6,10-11H,1-2,7-9H2,(H,15,16)(H,14,17,18)/t11-/m0/s1. The molecule has 0 bridgehead atoms. The molecule has 2 N–H and O–H groups in total. The summed E-state index contributed by atoms with van der Waals surface area (Å²) in [7, 11) is 0. The van der Waals surface area contributed by atoms with Crippen LogP contribution in [0, 0.1) is 0 Å². The monoisotopic (exact) mass is 258 g/mol. The fourth-order valence-electron chi connectivity index (χ4n) is 2.50. The Kier molecular flexibility index (Phi) is 3.69. The molecule has 0 unspecified atom stereocenters. The number of nitrogens with one attached hydrogen (secondary N) is 2. The van der Waals surface area contributed by atoms with E-state index in [1.165, 1.54) is 12.8 Å². The van der Waals surface area contributed by atoms with Crippen LogP contribution >= 0.6 is 0 Å². The number of hydrogen-bond donors (Lipinski definition) is 2. The van der Waals surface area contributed by atoms with E-state index in [0.29, 0.717) is 6.04 Å². The highest BCUT2D eigenvalue weighted by Gasteiger charge is 2.20. The zero-order valence-electron chi connectivity index (χ0n) is 10.8. The number of H-pyrrole nitrogens is 1. The fourth-order valence-corrected chi connectivity index (χ4v) is 2.50. The molecular weight excluding hydrogens is 240 g/mol. The van der Waals surface area contributed by atoms with E-state index in [4.69, 9.17) is 0 Å². The zero-order valence-corrected chi connectivity index (χ0v) is 10.8. The van der Waals surface area contributed by atoms with E-state index in [2.05, 4.69) is 30.2 Å². The fraction of sp³-hybridized carbons (Fsp3) is 0.462. The minimum absolute atomic E-state index is 0.443. The largest absolute Gasteiger partial charge is 0.366 e. The molecule has 1 aliphatic rings. The van der Waals surface area contributed by atoms with E-state index >= 15 is 0 Å². The second-order valence-electron chi connectivity index (χ2n) is 4.85. The molecule has 3 heterocycles. The van der Waals surface area contributed by atoms with Gasteiger partial charge in [-0.15, -0.1) is 0 Å². The van der Waals surface area contributed by atoms with Crippen LogP contribution in [0.5, 0.6) is 0 Å². The minimum atomic E-state index is 0.443. The molecule has 1 saturated heterocycles. The normalized spacial score (nSPS) is 20.3. The average molecular weight is 258 g/mol. The summed E-state index contributed by atoms with van der Waals surface area (Å²) in [5.41, 5.74) is 0. The lowest BCUT2D eigenvalue weighted by Crippen LogP contribution is -2.41. The molecule has 1 atom stereocenters. The van der Waals surface area contributed by atoms with Gasteiger partial charge >= 0.3 is 0 Å². The number of nitrogens with zero attached hydrogens (tertiary/aromatic N) is 4. The third-order valence-electron chi connectivity index (χ3n) is 3.37. The van der Waals surface area contributed by atoms with Gasteiger partial charge in [0.15, 0.2) is 0 Å². The number of aromatic amines is 1. The van der Waals surface area contributed by atoms with E-state index in [1.807, 2.05) is 12.3 Å². The van der Waals surface area contributed by atoms with E-state index in [1.54, 1.807) is 18.7 Å². The molecule has 6 heteroatoms. The van der Waals surface area contributed by atoms with Crippen LogP contribution in [-0.2, 0) is 6.54 Å². The van der Waals surface area contributed by atoms with Gasteiger partial charge in [0.1, 0.15) is 18.0 Å². The molecular formula is C13H18N6. The highest BCUT2D eigenvalue weighted by molar-refractivity contribution is 5.33. The number of anilines is 1. The van der Waals surface area contributed by atoms with Crippen LogP contribution in [0.25, 0.3) is 0 Å². The van der Waals surface area contributed by atoms with Gasteiger partial charge in [0, 0.05) is 31.2 Å². The van der Waals surface area contributed by atoms with Gasteiger partial charge in [-0.1, -0.05) is 0 Å².